The second-order valence-electron chi connectivity index (χ2n) is 10.7. The summed E-state index contributed by atoms with van der Waals surface area (Å²) in [7, 11) is 0. The van der Waals surface area contributed by atoms with Gasteiger partial charge >= 0.3 is 0 Å². The average Bonchev–Trinajstić information content (AvgIpc) is 3.09. The summed E-state index contributed by atoms with van der Waals surface area (Å²) in [6.07, 6.45) is 0. The third-order valence-electron chi connectivity index (χ3n) is 7.98. The summed E-state index contributed by atoms with van der Waals surface area (Å²) in [6.45, 7) is 0. The van der Waals surface area contributed by atoms with E-state index in [0.29, 0.717) is 68.2 Å². The highest BCUT2D eigenvalue weighted by molar-refractivity contribution is 5.96. The van der Waals surface area contributed by atoms with Crippen molar-refractivity contribution in [1.82, 2.24) is 0 Å². The number of non-ortho nitro benzene ring substituents is 2. The summed E-state index contributed by atoms with van der Waals surface area (Å²) in [5.74, 6) is 2.35. The van der Waals surface area contributed by atoms with Crippen LogP contribution in [0, 0.1) is 20.2 Å². The van der Waals surface area contributed by atoms with E-state index < -0.39 is 9.85 Å². The molecule has 0 radical (unpaired) electrons. The molecule has 0 N–H and O–H groups in total. The number of para-hydroxylation sites is 8. The molecule has 2 aliphatic heterocycles. The largest absolute Gasteiger partial charge is 0.453 e. The van der Waals surface area contributed by atoms with Crippen molar-refractivity contribution in [3.8, 4) is 34.1 Å². The molecule has 10 heteroatoms. The van der Waals surface area contributed by atoms with Gasteiger partial charge in [0, 0.05) is 29.8 Å². The van der Waals surface area contributed by atoms with Crippen LogP contribution in [0.1, 0.15) is 0 Å². The molecule has 0 spiro atoms. The van der Waals surface area contributed by atoms with Gasteiger partial charge in [-0.1, -0.05) is 48.5 Å². The van der Waals surface area contributed by atoms with Gasteiger partial charge in [0.25, 0.3) is 11.4 Å². The van der Waals surface area contributed by atoms with Crippen LogP contribution in [0.3, 0.4) is 0 Å². The molecule has 0 fully saturated rings. The van der Waals surface area contributed by atoms with Gasteiger partial charge in [0.1, 0.15) is 0 Å². The van der Waals surface area contributed by atoms with Gasteiger partial charge in [0.15, 0.2) is 23.0 Å². The van der Waals surface area contributed by atoms with Crippen molar-refractivity contribution < 1.29 is 19.3 Å². The Morgan fingerprint density at radius 1 is 0.457 bits per heavy atom. The van der Waals surface area contributed by atoms with Gasteiger partial charge < -0.3 is 19.3 Å². The minimum Gasteiger partial charge on any atom is -0.453 e. The fourth-order valence-electron chi connectivity index (χ4n) is 5.99. The fraction of sp³-hybridized carbons (Fsp3) is 0. The first-order valence-corrected chi connectivity index (χ1v) is 14.4. The van der Waals surface area contributed by atoms with E-state index in [2.05, 4.69) is 0 Å². The Morgan fingerprint density at radius 3 is 1.39 bits per heavy atom. The smallest absolute Gasteiger partial charge is 0.272 e. The molecule has 0 saturated heterocycles. The van der Waals surface area contributed by atoms with Crippen molar-refractivity contribution >= 4 is 45.5 Å². The van der Waals surface area contributed by atoms with E-state index in [0.717, 1.165) is 0 Å². The second-order valence-corrected chi connectivity index (χ2v) is 10.7. The number of rotatable bonds is 5. The van der Waals surface area contributed by atoms with Crippen LogP contribution in [-0.4, -0.2) is 9.85 Å². The molecule has 0 aromatic heterocycles. The summed E-state index contributed by atoms with van der Waals surface area (Å²) in [5, 5.41) is 24.5. The molecule has 0 bridgehead atoms. The Kier molecular flexibility index (Phi) is 6.14. The SMILES string of the molecule is O=[N+]([O-])c1cc(-c2ccc([N+](=O)[O-])cc2N2c3ccccc3Oc3ccccc32)cc(N2c3ccccc3Oc3ccccc32)c1. The number of fused-ring (bicyclic) bond motifs is 4. The normalized spacial score (nSPS) is 12.5. The third-order valence-corrected chi connectivity index (χ3v) is 7.98. The maximum absolute atomic E-state index is 12.4. The molecular weight excluding hydrogens is 584 g/mol. The number of ether oxygens (including phenoxy) is 2. The van der Waals surface area contributed by atoms with E-state index in [1.807, 2.05) is 113 Å². The third kappa shape index (κ3) is 4.36. The molecule has 6 aromatic carbocycles. The lowest BCUT2D eigenvalue weighted by Gasteiger charge is -2.34. The van der Waals surface area contributed by atoms with Crippen molar-refractivity contribution in [2.45, 2.75) is 0 Å². The van der Waals surface area contributed by atoms with Crippen LogP contribution in [0.5, 0.6) is 23.0 Å². The van der Waals surface area contributed by atoms with Crippen LogP contribution in [0.25, 0.3) is 11.1 Å². The number of anilines is 6. The molecule has 0 amide bonds. The Bertz CT molecular complexity index is 2130. The van der Waals surface area contributed by atoms with Crippen molar-refractivity contribution in [1.29, 1.82) is 0 Å². The fourth-order valence-corrected chi connectivity index (χ4v) is 5.99. The second kappa shape index (κ2) is 10.5. The molecule has 2 heterocycles. The predicted molar refractivity (Wildman–Crippen MR) is 175 cm³/mol. The molecule has 0 aliphatic carbocycles. The van der Waals surface area contributed by atoms with Crippen LogP contribution in [0.2, 0.25) is 0 Å². The van der Waals surface area contributed by atoms with E-state index in [9.17, 15) is 20.2 Å². The number of hydrogen-bond acceptors (Lipinski definition) is 8. The first-order valence-electron chi connectivity index (χ1n) is 14.4. The lowest BCUT2D eigenvalue weighted by Crippen LogP contribution is -2.17. The molecular formula is C36H22N4O6. The number of nitro groups is 2. The average molecular weight is 607 g/mol. The zero-order chi connectivity index (χ0) is 31.4. The minimum atomic E-state index is -0.452. The molecule has 0 saturated carbocycles. The predicted octanol–water partition coefficient (Wildman–Crippen LogP) is 10.3. The standard InChI is InChI=1S/C36H22N4O6/c41-39(42)24-17-18-27(32(22-24)38-30-11-3-7-15-35(30)46-36-16-8-4-12-31(36)38)23-19-25(21-26(20-23)40(43)44)37-28-9-1-5-13-33(28)45-34-14-6-2-10-29(34)37/h1-22H. The lowest BCUT2D eigenvalue weighted by molar-refractivity contribution is -0.384. The van der Waals surface area contributed by atoms with Gasteiger partial charge in [-0.05, 0) is 66.2 Å². The molecule has 46 heavy (non-hydrogen) atoms. The van der Waals surface area contributed by atoms with Crippen LogP contribution in [0.15, 0.2) is 133 Å². The monoisotopic (exact) mass is 606 g/mol. The quantitative estimate of drug-likeness (QED) is 0.141. The molecule has 8 rings (SSSR count). The number of benzene rings is 6. The Morgan fingerprint density at radius 2 is 0.913 bits per heavy atom. The molecule has 10 nitrogen and oxygen atoms in total. The number of nitro benzene ring substituents is 2. The van der Waals surface area contributed by atoms with E-state index in [1.165, 1.54) is 24.3 Å². The zero-order valence-corrected chi connectivity index (χ0v) is 23.9. The van der Waals surface area contributed by atoms with Crippen LogP contribution in [0.4, 0.5) is 45.5 Å². The first kappa shape index (κ1) is 26.9. The number of nitrogens with zero attached hydrogens (tertiary/aromatic N) is 4. The Hall–Kier alpha value is -6.68. The molecule has 0 unspecified atom stereocenters. The van der Waals surface area contributed by atoms with E-state index >= 15 is 0 Å². The summed E-state index contributed by atoms with van der Waals surface area (Å²) in [5.41, 5.74) is 4.55. The molecule has 222 valence electrons. The lowest BCUT2D eigenvalue weighted by atomic mass is 9.98. The molecule has 0 atom stereocenters. The Balaban J connectivity index is 1.39. The van der Waals surface area contributed by atoms with Crippen LogP contribution in [-0.2, 0) is 0 Å². The summed E-state index contributed by atoms with van der Waals surface area (Å²) >= 11 is 0. The van der Waals surface area contributed by atoms with Crippen molar-refractivity contribution in [2.24, 2.45) is 0 Å². The highest BCUT2D eigenvalue weighted by Crippen LogP contribution is 2.54. The van der Waals surface area contributed by atoms with Gasteiger partial charge in [-0.15, -0.1) is 0 Å². The van der Waals surface area contributed by atoms with Gasteiger partial charge in [-0.2, -0.15) is 0 Å². The van der Waals surface area contributed by atoms with Crippen LogP contribution < -0.4 is 19.3 Å². The van der Waals surface area contributed by atoms with E-state index in [-0.39, 0.29) is 11.4 Å². The highest BCUT2D eigenvalue weighted by atomic mass is 16.6. The molecule has 6 aromatic rings. The van der Waals surface area contributed by atoms with Crippen molar-refractivity contribution in [2.75, 3.05) is 9.80 Å². The maximum atomic E-state index is 12.4. The summed E-state index contributed by atoms with van der Waals surface area (Å²) in [6, 6.07) is 39.2. The van der Waals surface area contributed by atoms with Crippen LogP contribution >= 0.6 is 0 Å². The minimum absolute atomic E-state index is 0.123. The van der Waals surface area contributed by atoms with E-state index in [4.69, 9.17) is 9.47 Å². The topological polar surface area (TPSA) is 111 Å². The van der Waals surface area contributed by atoms with Gasteiger partial charge in [0.05, 0.1) is 44.0 Å². The van der Waals surface area contributed by atoms with Crippen molar-refractivity contribution in [3.63, 3.8) is 0 Å². The number of hydrogen-bond donors (Lipinski definition) is 0. The van der Waals surface area contributed by atoms with Crippen molar-refractivity contribution in [3.05, 3.63) is 154 Å². The van der Waals surface area contributed by atoms with Gasteiger partial charge in [-0.25, -0.2) is 0 Å². The molecule has 2 aliphatic rings. The van der Waals surface area contributed by atoms with Gasteiger partial charge in [-0.3, -0.25) is 20.2 Å². The Labute approximate surface area is 262 Å². The summed E-state index contributed by atoms with van der Waals surface area (Å²) < 4.78 is 12.3. The zero-order valence-electron chi connectivity index (χ0n) is 23.9. The maximum Gasteiger partial charge on any atom is 0.272 e. The summed E-state index contributed by atoms with van der Waals surface area (Å²) in [4.78, 5) is 27.4. The van der Waals surface area contributed by atoms with E-state index in [1.54, 1.807) is 6.07 Å². The first-order chi connectivity index (χ1) is 22.5. The van der Waals surface area contributed by atoms with Gasteiger partial charge in [0.2, 0.25) is 0 Å². The highest BCUT2D eigenvalue weighted by Gasteiger charge is 2.31.